The van der Waals surface area contributed by atoms with Crippen LogP contribution in [-0.2, 0) is 16.0 Å². The largest absolute Gasteiger partial charge is 0.481 e. The first-order valence-electron chi connectivity index (χ1n) is 4.58. The van der Waals surface area contributed by atoms with Crippen LogP contribution in [0.2, 0.25) is 0 Å². The summed E-state index contributed by atoms with van der Waals surface area (Å²) in [6, 6.07) is 2.40. The molecule has 2 N–H and O–H groups in total. The molecule has 1 rings (SSSR count). The number of nitrogens with zero attached hydrogens (tertiary/aromatic N) is 1. The number of pyridine rings is 1. The predicted octanol–water partition coefficient (Wildman–Crippen LogP) is -0.168. The zero-order chi connectivity index (χ0) is 12.0. The molecular weight excluding hydrogens is 212 g/mol. The molecule has 0 aliphatic rings. The lowest BCUT2D eigenvalue weighted by Gasteiger charge is -2.10. The molecule has 6 nitrogen and oxygen atoms in total. The molecule has 1 unspecified atom stereocenters. The number of nitrogens with one attached hydrogen (secondary N) is 1. The van der Waals surface area contributed by atoms with Crippen LogP contribution < -0.4 is 10.1 Å². The number of rotatable bonds is 6. The van der Waals surface area contributed by atoms with Crippen molar-refractivity contribution in [3.8, 4) is 5.88 Å². The molecule has 86 valence electrons. The summed E-state index contributed by atoms with van der Waals surface area (Å²) in [5.74, 6) is -0.623. The molecule has 1 aromatic rings. The molecule has 0 aliphatic carbocycles. The molecule has 0 saturated heterocycles. The Bertz CT molecular complexity index is 364. The SMILES string of the molecule is COc1ccc(CC(NC=O)C(=O)O)cn1. The minimum Gasteiger partial charge on any atom is -0.481 e. The Morgan fingerprint density at radius 3 is 2.88 bits per heavy atom. The van der Waals surface area contributed by atoms with E-state index in [0.29, 0.717) is 17.9 Å². The smallest absolute Gasteiger partial charge is 0.326 e. The van der Waals surface area contributed by atoms with Crippen molar-refractivity contribution in [1.29, 1.82) is 0 Å². The fourth-order valence-corrected chi connectivity index (χ4v) is 1.19. The van der Waals surface area contributed by atoms with E-state index in [0.717, 1.165) is 0 Å². The van der Waals surface area contributed by atoms with E-state index in [1.54, 1.807) is 12.1 Å². The third-order valence-corrected chi connectivity index (χ3v) is 2.01. The molecular formula is C10H12N2O4. The van der Waals surface area contributed by atoms with Crippen LogP contribution in [0.3, 0.4) is 0 Å². The maximum absolute atomic E-state index is 10.8. The standard InChI is InChI=1S/C10H12N2O4/c1-16-9-3-2-7(5-11-9)4-8(10(14)15)12-6-13/h2-3,5-6,8H,4H2,1H3,(H,12,13)(H,14,15). The normalized spacial score (nSPS) is 11.6. The highest BCUT2D eigenvalue weighted by atomic mass is 16.5. The van der Waals surface area contributed by atoms with Gasteiger partial charge in [0, 0.05) is 18.7 Å². The van der Waals surface area contributed by atoms with Crippen molar-refractivity contribution in [2.24, 2.45) is 0 Å². The van der Waals surface area contributed by atoms with Crippen molar-refractivity contribution in [3.05, 3.63) is 23.9 Å². The van der Waals surface area contributed by atoms with Gasteiger partial charge in [0.05, 0.1) is 7.11 Å². The van der Waals surface area contributed by atoms with Gasteiger partial charge in [-0.3, -0.25) is 4.79 Å². The Morgan fingerprint density at radius 2 is 2.44 bits per heavy atom. The number of aliphatic carboxylic acids is 1. The van der Waals surface area contributed by atoms with Gasteiger partial charge in [-0.25, -0.2) is 9.78 Å². The zero-order valence-electron chi connectivity index (χ0n) is 8.71. The summed E-state index contributed by atoms with van der Waals surface area (Å²) < 4.78 is 4.87. The summed E-state index contributed by atoms with van der Waals surface area (Å²) in [7, 11) is 1.50. The van der Waals surface area contributed by atoms with Gasteiger partial charge in [0.2, 0.25) is 12.3 Å². The lowest BCUT2D eigenvalue weighted by atomic mass is 10.1. The zero-order valence-corrected chi connectivity index (χ0v) is 8.71. The summed E-state index contributed by atoms with van der Waals surface area (Å²) in [6.07, 6.45) is 2.07. The molecule has 0 aliphatic heterocycles. The van der Waals surface area contributed by atoms with Gasteiger partial charge >= 0.3 is 5.97 Å². The second-order valence-electron chi connectivity index (χ2n) is 3.09. The molecule has 0 fully saturated rings. The van der Waals surface area contributed by atoms with Gasteiger partial charge in [0.25, 0.3) is 0 Å². The fourth-order valence-electron chi connectivity index (χ4n) is 1.19. The van der Waals surface area contributed by atoms with Crippen LogP contribution >= 0.6 is 0 Å². The third-order valence-electron chi connectivity index (χ3n) is 2.01. The topological polar surface area (TPSA) is 88.5 Å². The third kappa shape index (κ3) is 3.23. The van der Waals surface area contributed by atoms with Gasteiger partial charge < -0.3 is 15.2 Å². The van der Waals surface area contributed by atoms with Gasteiger partial charge in [-0.1, -0.05) is 6.07 Å². The molecule has 16 heavy (non-hydrogen) atoms. The summed E-state index contributed by atoms with van der Waals surface area (Å²) in [5.41, 5.74) is 0.711. The Labute approximate surface area is 92.3 Å². The average Bonchev–Trinajstić information content (AvgIpc) is 2.29. The molecule has 0 aromatic carbocycles. The van der Waals surface area contributed by atoms with E-state index >= 15 is 0 Å². The maximum Gasteiger partial charge on any atom is 0.326 e. The molecule has 1 aromatic heterocycles. The van der Waals surface area contributed by atoms with E-state index in [-0.39, 0.29) is 6.42 Å². The van der Waals surface area contributed by atoms with Crippen molar-refractivity contribution in [1.82, 2.24) is 10.3 Å². The van der Waals surface area contributed by atoms with E-state index < -0.39 is 12.0 Å². The van der Waals surface area contributed by atoms with Crippen LogP contribution in [-0.4, -0.2) is 35.6 Å². The average molecular weight is 224 g/mol. The highest BCUT2D eigenvalue weighted by Gasteiger charge is 2.16. The number of aromatic nitrogens is 1. The Balaban J connectivity index is 2.69. The first kappa shape index (κ1) is 12.0. The molecule has 0 bridgehead atoms. The minimum absolute atomic E-state index is 0.186. The van der Waals surface area contributed by atoms with Crippen molar-refractivity contribution in [3.63, 3.8) is 0 Å². The van der Waals surface area contributed by atoms with Gasteiger partial charge in [-0.15, -0.1) is 0 Å². The lowest BCUT2D eigenvalue weighted by molar-refractivity contribution is -0.140. The number of methoxy groups -OCH3 is 1. The molecule has 0 radical (unpaired) electrons. The van der Waals surface area contributed by atoms with Gasteiger partial charge in [0.1, 0.15) is 6.04 Å². The molecule has 1 atom stereocenters. The highest BCUT2D eigenvalue weighted by molar-refractivity contribution is 5.76. The van der Waals surface area contributed by atoms with Gasteiger partial charge in [-0.2, -0.15) is 0 Å². The molecule has 6 heteroatoms. The van der Waals surface area contributed by atoms with Crippen LogP contribution in [0.25, 0.3) is 0 Å². The highest BCUT2D eigenvalue weighted by Crippen LogP contribution is 2.08. The van der Waals surface area contributed by atoms with E-state index in [2.05, 4.69) is 10.3 Å². The van der Waals surface area contributed by atoms with Crippen LogP contribution in [0, 0.1) is 0 Å². The van der Waals surface area contributed by atoms with E-state index in [1.807, 2.05) is 0 Å². The van der Waals surface area contributed by atoms with Crippen LogP contribution in [0.5, 0.6) is 5.88 Å². The monoisotopic (exact) mass is 224 g/mol. The Kier molecular flexibility index (Phi) is 4.26. The number of carboxylic acids is 1. The van der Waals surface area contributed by atoms with Gasteiger partial charge in [0.15, 0.2) is 0 Å². The van der Waals surface area contributed by atoms with E-state index in [4.69, 9.17) is 9.84 Å². The number of hydrogen-bond donors (Lipinski definition) is 2. The lowest BCUT2D eigenvalue weighted by Crippen LogP contribution is -2.37. The van der Waals surface area contributed by atoms with Crippen molar-refractivity contribution < 1.29 is 19.4 Å². The Morgan fingerprint density at radius 1 is 1.69 bits per heavy atom. The molecule has 0 saturated carbocycles. The number of ether oxygens (including phenoxy) is 1. The number of carbonyl (C=O) groups excluding carboxylic acids is 1. The van der Waals surface area contributed by atoms with E-state index in [1.165, 1.54) is 13.3 Å². The van der Waals surface area contributed by atoms with Gasteiger partial charge in [-0.05, 0) is 5.56 Å². The summed E-state index contributed by atoms with van der Waals surface area (Å²) in [5, 5.41) is 11.0. The van der Waals surface area contributed by atoms with Crippen molar-refractivity contribution >= 4 is 12.4 Å². The van der Waals surface area contributed by atoms with Crippen LogP contribution in [0.15, 0.2) is 18.3 Å². The second kappa shape index (κ2) is 5.69. The van der Waals surface area contributed by atoms with Crippen LogP contribution in [0.1, 0.15) is 5.56 Å². The van der Waals surface area contributed by atoms with Crippen molar-refractivity contribution in [2.45, 2.75) is 12.5 Å². The summed E-state index contributed by atoms with van der Waals surface area (Å²) in [4.78, 5) is 24.9. The first-order valence-corrected chi connectivity index (χ1v) is 4.58. The van der Waals surface area contributed by atoms with Crippen molar-refractivity contribution in [2.75, 3.05) is 7.11 Å². The number of amides is 1. The fraction of sp³-hybridized carbons (Fsp3) is 0.300. The minimum atomic E-state index is -1.08. The maximum atomic E-state index is 10.8. The summed E-state index contributed by atoms with van der Waals surface area (Å²) in [6.45, 7) is 0. The van der Waals surface area contributed by atoms with Crippen LogP contribution in [0.4, 0.5) is 0 Å². The second-order valence-corrected chi connectivity index (χ2v) is 3.09. The Hall–Kier alpha value is -2.11. The predicted molar refractivity (Wildman–Crippen MR) is 55.1 cm³/mol. The molecule has 1 heterocycles. The number of carbonyl (C=O) groups is 2. The number of hydrogen-bond acceptors (Lipinski definition) is 4. The van der Waals surface area contributed by atoms with E-state index in [9.17, 15) is 9.59 Å². The summed E-state index contributed by atoms with van der Waals surface area (Å²) >= 11 is 0. The molecule has 1 amide bonds. The first-order chi connectivity index (χ1) is 7.67. The molecule has 0 spiro atoms. The quantitative estimate of drug-likeness (QED) is 0.655. The number of carboxylic acid groups (broad SMARTS) is 1.